The predicted molar refractivity (Wildman–Crippen MR) is 90.8 cm³/mol. The molecule has 5 heteroatoms. The summed E-state index contributed by atoms with van der Waals surface area (Å²) in [7, 11) is 0. The van der Waals surface area contributed by atoms with Crippen LogP contribution in [-0.2, 0) is 4.74 Å². The lowest BCUT2D eigenvalue weighted by Crippen LogP contribution is -2.52. The van der Waals surface area contributed by atoms with Crippen molar-refractivity contribution in [3.8, 4) is 0 Å². The standard InChI is InChI=1S/C18H30N2O3/c1-5-15(6-2)17(20-7-9-22-10-8-20)12-19-18(21)16-11-13(3)23-14(16)4/h11,15,17H,5-10,12H2,1-4H3,(H,19,21). The van der Waals surface area contributed by atoms with Crippen molar-refractivity contribution in [2.24, 2.45) is 5.92 Å². The fourth-order valence-electron chi connectivity index (χ4n) is 3.48. The van der Waals surface area contributed by atoms with Crippen molar-refractivity contribution in [3.05, 3.63) is 23.2 Å². The molecule has 1 fully saturated rings. The van der Waals surface area contributed by atoms with Crippen molar-refractivity contribution < 1.29 is 13.9 Å². The second-order valence-corrected chi connectivity index (χ2v) is 6.33. The van der Waals surface area contributed by atoms with Crippen LogP contribution in [0.2, 0.25) is 0 Å². The van der Waals surface area contributed by atoms with E-state index in [1.807, 2.05) is 19.9 Å². The number of nitrogens with one attached hydrogen (secondary N) is 1. The van der Waals surface area contributed by atoms with Gasteiger partial charge < -0.3 is 14.5 Å². The van der Waals surface area contributed by atoms with Gasteiger partial charge >= 0.3 is 0 Å². The number of aryl methyl sites for hydroxylation is 2. The maximum absolute atomic E-state index is 12.5. The lowest BCUT2D eigenvalue weighted by molar-refractivity contribution is 0.00191. The van der Waals surface area contributed by atoms with Gasteiger partial charge in [-0.25, -0.2) is 0 Å². The molecule has 0 aliphatic carbocycles. The summed E-state index contributed by atoms with van der Waals surface area (Å²) in [5, 5.41) is 3.12. The number of morpholine rings is 1. The van der Waals surface area contributed by atoms with Crippen molar-refractivity contribution in [1.82, 2.24) is 10.2 Å². The number of rotatable bonds is 7. The fourth-order valence-corrected chi connectivity index (χ4v) is 3.48. The van der Waals surface area contributed by atoms with Crippen LogP contribution < -0.4 is 5.32 Å². The molecule has 1 atom stereocenters. The average molecular weight is 322 g/mol. The average Bonchev–Trinajstić information content (AvgIpc) is 2.90. The third-order valence-electron chi connectivity index (χ3n) is 4.86. The van der Waals surface area contributed by atoms with E-state index in [0.29, 0.717) is 29.8 Å². The molecule has 1 aromatic heterocycles. The summed E-state index contributed by atoms with van der Waals surface area (Å²) in [6.45, 7) is 12.3. The van der Waals surface area contributed by atoms with E-state index in [0.717, 1.165) is 44.9 Å². The number of ether oxygens (including phenoxy) is 1. The molecule has 2 heterocycles. The van der Waals surface area contributed by atoms with Crippen LogP contribution in [0.5, 0.6) is 0 Å². The molecule has 1 N–H and O–H groups in total. The summed E-state index contributed by atoms with van der Waals surface area (Å²) >= 11 is 0. The van der Waals surface area contributed by atoms with Crippen LogP contribution in [0.25, 0.3) is 0 Å². The van der Waals surface area contributed by atoms with E-state index in [9.17, 15) is 4.79 Å². The molecule has 1 unspecified atom stereocenters. The first-order valence-corrected chi connectivity index (χ1v) is 8.73. The first-order valence-electron chi connectivity index (χ1n) is 8.73. The van der Waals surface area contributed by atoms with Gasteiger partial charge in [-0.3, -0.25) is 9.69 Å². The van der Waals surface area contributed by atoms with Gasteiger partial charge in [0.25, 0.3) is 5.91 Å². The Morgan fingerprint density at radius 2 is 1.91 bits per heavy atom. The zero-order chi connectivity index (χ0) is 16.8. The molecule has 0 spiro atoms. The highest BCUT2D eigenvalue weighted by atomic mass is 16.5. The Morgan fingerprint density at radius 3 is 2.43 bits per heavy atom. The van der Waals surface area contributed by atoms with Gasteiger partial charge in [0.15, 0.2) is 0 Å². The molecular weight excluding hydrogens is 292 g/mol. The van der Waals surface area contributed by atoms with Gasteiger partial charge in [0, 0.05) is 25.7 Å². The van der Waals surface area contributed by atoms with Crippen LogP contribution in [0.3, 0.4) is 0 Å². The van der Waals surface area contributed by atoms with Crippen LogP contribution >= 0.6 is 0 Å². The molecule has 0 radical (unpaired) electrons. The normalized spacial score (nSPS) is 17.4. The fraction of sp³-hybridized carbons (Fsp3) is 0.722. The first-order chi connectivity index (χ1) is 11.1. The summed E-state index contributed by atoms with van der Waals surface area (Å²) in [5.41, 5.74) is 0.646. The molecule has 5 nitrogen and oxygen atoms in total. The Kier molecular flexibility index (Phi) is 6.66. The van der Waals surface area contributed by atoms with E-state index in [1.54, 1.807) is 0 Å². The number of hydrogen-bond donors (Lipinski definition) is 1. The van der Waals surface area contributed by atoms with Gasteiger partial charge in [0.05, 0.1) is 18.8 Å². The van der Waals surface area contributed by atoms with E-state index in [4.69, 9.17) is 9.15 Å². The molecule has 1 aliphatic rings. The highest BCUT2D eigenvalue weighted by Gasteiger charge is 2.27. The topological polar surface area (TPSA) is 54.7 Å². The first kappa shape index (κ1) is 18.0. The molecule has 1 saturated heterocycles. The quantitative estimate of drug-likeness (QED) is 0.839. The maximum Gasteiger partial charge on any atom is 0.254 e. The predicted octanol–water partition coefficient (Wildman–Crippen LogP) is 2.76. The zero-order valence-electron chi connectivity index (χ0n) is 14.9. The molecule has 0 bridgehead atoms. The summed E-state index contributed by atoms with van der Waals surface area (Å²) in [6, 6.07) is 2.18. The van der Waals surface area contributed by atoms with E-state index in [2.05, 4.69) is 24.1 Å². The zero-order valence-corrected chi connectivity index (χ0v) is 14.9. The molecule has 0 saturated carbocycles. The second kappa shape index (κ2) is 8.50. The van der Waals surface area contributed by atoms with Crippen molar-refractivity contribution in [3.63, 3.8) is 0 Å². The minimum atomic E-state index is -0.0384. The Morgan fingerprint density at radius 1 is 1.26 bits per heavy atom. The Bertz CT molecular complexity index is 502. The lowest BCUT2D eigenvalue weighted by atomic mass is 9.92. The number of furan rings is 1. The van der Waals surface area contributed by atoms with Gasteiger partial charge in [-0.2, -0.15) is 0 Å². The third-order valence-corrected chi connectivity index (χ3v) is 4.86. The van der Waals surface area contributed by atoms with E-state index >= 15 is 0 Å². The Labute approximate surface area is 139 Å². The van der Waals surface area contributed by atoms with Gasteiger partial charge in [-0.15, -0.1) is 0 Å². The van der Waals surface area contributed by atoms with Gasteiger partial charge in [-0.1, -0.05) is 26.7 Å². The Hall–Kier alpha value is -1.33. The number of amides is 1. The minimum Gasteiger partial charge on any atom is -0.466 e. The van der Waals surface area contributed by atoms with Crippen LogP contribution in [0, 0.1) is 19.8 Å². The van der Waals surface area contributed by atoms with Crippen LogP contribution in [0.4, 0.5) is 0 Å². The molecule has 0 aromatic carbocycles. The number of carbonyl (C=O) groups excluding carboxylic acids is 1. The van der Waals surface area contributed by atoms with Crippen molar-refractivity contribution in [2.75, 3.05) is 32.8 Å². The van der Waals surface area contributed by atoms with E-state index in [-0.39, 0.29) is 5.91 Å². The molecular formula is C18H30N2O3. The molecule has 1 aromatic rings. The van der Waals surface area contributed by atoms with E-state index in [1.165, 1.54) is 0 Å². The summed E-state index contributed by atoms with van der Waals surface area (Å²) in [5.74, 6) is 2.01. The number of nitrogens with zero attached hydrogens (tertiary/aromatic N) is 1. The summed E-state index contributed by atoms with van der Waals surface area (Å²) in [6.07, 6.45) is 2.25. The van der Waals surface area contributed by atoms with Gasteiger partial charge in [0.1, 0.15) is 11.5 Å². The SMILES string of the molecule is CCC(CC)C(CNC(=O)c1cc(C)oc1C)N1CCOCC1. The lowest BCUT2D eigenvalue weighted by Gasteiger charge is -2.38. The summed E-state index contributed by atoms with van der Waals surface area (Å²) in [4.78, 5) is 14.9. The number of hydrogen-bond acceptors (Lipinski definition) is 4. The highest BCUT2D eigenvalue weighted by Crippen LogP contribution is 2.20. The molecule has 130 valence electrons. The highest BCUT2D eigenvalue weighted by molar-refractivity contribution is 5.95. The third kappa shape index (κ3) is 4.58. The van der Waals surface area contributed by atoms with Crippen LogP contribution in [-0.4, -0.2) is 49.7 Å². The van der Waals surface area contributed by atoms with Gasteiger partial charge in [0.2, 0.25) is 0 Å². The van der Waals surface area contributed by atoms with E-state index < -0.39 is 0 Å². The molecule has 1 amide bonds. The molecule has 2 rings (SSSR count). The number of carbonyl (C=O) groups is 1. The van der Waals surface area contributed by atoms with Crippen molar-refractivity contribution in [1.29, 1.82) is 0 Å². The smallest absolute Gasteiger partial charge is 0.254 e. The second-order valence-electron chi connectivity index (χ2n) is 6.33. The van der Waals surface area contributed by atoms with Crippen molar-refractivity contribution in [2.45, 2.75) is 46.6 Å². The maximum atomic E-state index is 12.5. The monoisotopic (exact) mass is 322 g/mol. The molecule has 1 aliphatic heterocycles. The largest absolute Gasteiger partial charge is 0.466 e. The van der Waals surface area contributed by atoms with Crippen molar-refractivity contribution >= 4 is 5.91 Å². The van der Waals surface area contributed by atoms with Gasteiger partial charge in [-0.05, 0) is 25.8 Å². The van der Waals surface area contributed by atoms with Crippen LogP contribution in [0.15, 0.2) is 10.5 Å². The van der Waals surface area contributed by atoms with Crippen LogP contribution in [0.1, 0.15) is 48.6 Å². The molecule has 23 heavy (non-hydrogen) atoms. The minimum absolute atomic E-state index is 0.0384. The summed E-state index contributed by atoms with van der Waals surface area (Å²) < 4.78 is 10.9. The Balaban J connectivity index is 2.02.